The molecule has 0 bridgehead atoms. The molecular weight excluding hydrogens is 458 g/mol. The van der Waals surface area contributed by atoms with Crippen LogP contribution in [0.1, 0.15) is 87.6 Å². The Labute approximate surface area is 227 Å². The van der Waals surface area contributed by atoms with E-state index in [2.05, 4.69) is 101 Å². The Morgan fingerprint density at radius 1 is 1.11 bits per heavy atom. The molecule has 0 N–H and O–H groups in total. The molecule has 5 nitrogen and oxygen atoms in total. The average molecular weight is 510 g/mol. The lowest BCUT2D eigenvalue weighted by molar-refractivity contribution is 0.00494. The SMILES string of the molecule is CCCc1ccccc1.C\C=C(C)/C(C(/C)=N/C=C/CC)=C(/C)N1CCN(C(=O)OC(C)(C)C)C(C)C1. The lowest BCUT2D eigenvalue weighted by atomic mass is 9.99. The highest BCUT2D eigenvalue weighted by Crippen LogP contribution is 2.24. The largest absolute Gasteiger partial charge is 0.444 e. The van der Waals surface area contributed by atoms with Crippen molar-refractivity contribution in [2.24, 2.45) is 4.99 Å². The smallest absolute Gasteiger partial charge is 0.410 e. The van der Waals surface area contributed by atoms with Gasteiger partial charge in [0.05, 0.1) is 0 Å². The highest BCUT2D eigenvalue weighted by Gasteiger charge is 2.31. The molecule has 1 amide bonds. The van der Waals surface area contributed by atoms with Crippen LogP contribution >= 0.6 is 0 Å². The van der Waals surface area contributed by atoms with E-state index in [0.717, 1.165) is 25.2 Å². The molecule has 206 valence electrons. The minimum Gasteiger partial charge on any atom is -0.444 e. The summed E-state index contributed by atoms with van der Waals surface area (Å²) < 4.78 is 5.56. The molecule has 1 aliphatic heterocycles. The number of piperazine rings is 1. The average Bonchev–Trinajstić information content (AvgIpc) is 2.84. The van der Waals surface area contributed by atoms with Crippen LogP contribution in [0.15, 0.2) is 70.5 Å². The Kier molecular flexibility index (Phi) is 14.0. The second kappa shape index (κ2) is 16.1. The van der Waals surface area contributed by atoms with Gasteiger partial charge in [-0.1, -0.05) is 62.8 Å². The van der Waals surface area contributed by atoms with Crippen LogP contribution in [0.3, 0.4) is 0 Å². The molecule has 1 aliphatic rings. The molecule has 0 saturated carbocycles. The first-order valence-electron chi connectivity index (χ1n) is 13.8. The van der Waals surface area contributed by atoms with E-state index in [9.17, 15) is 4.79 Å². The minimum atomic E-state index is -0.473. The van der Waals surface area contributed by atoms with Crippen LogP contribution in [0.5, 0.6) is 0 Å². The lowest BCUT2D eigenvalue weighted by Crippen LogP contribution is -2.54. The number of nitrogens with zero attached hydrogens (tertiary/aromatic N) is 3. The van der Waals surface area contributed by atoms with E-state index >= 15 is 0 Å². The molecule has 37 heavy (non-hydrogen) atoms. The Morgan fingerprint density at radius 3 is 2.27 bits per heavy atom. The van der Waals surface area contributed by atoms with Crippen LogP contribution in [0.2, 0.25) is 0 Å². The van der Waals surface area contributed by atoms with Crippen LogP contribution in [-0.2, 0) is 11.2 Å². The molecule has 0 aliphatic carbocycles. The van der Waals surface area contributed by atoms with Crippen molar-refractivity contribution < 1.29 is 9.53 Å². The van der Waals surface area contributed by atoms with Gasteiger partial charge in [0, 0.05) is 48.9 Å². The first-order chi connectivity index (χ1) is 17.4. The maximum atomic E-state index is 12.5. The quantitative estimate of drug-likeness (QED) is 0.275. The molecule has 0 spiro atoms. The zero-order valence-electron chi connectivity index (χ0n) is 25.1. The molecule has 1 atom stereocenters. The van der Waals surface area contributed by atoms with Gasteiger partial charge in [0.15, 0.2) is 0 Å². The first-order valence-corrected chi connectivity index (χ1v) is 13.8. The Bertz CT molecular complexity index is 952. The number of carbonyl (C=O) groups excluding carboxylic acids is 1. The van der Waals surface area contributed by atoms with E-state index in [1.165, 1.54) is 35.2 Å². The van der Waals surface area contributed by atoms with Gasteiger partial charge in [-0.05, 0) is 79.4 Å². The minimum absolute atomic E-state index is 0.0861. The summed E-state index contributed by atoms with van der Waals surface area (Å²) in [7, 11) is 0. The summed E-state index contributed by atoms with van der Waals surface area (Å²) in [6.07, 6.45) is 9.26. The molecule has 2 rings (SSSR count). The number of aliphatic imine (C=N–C) groups is 1. The number of hydrogen-bond donors (Lipinski definition) is 0. The maximum Gasteiger partial charge on any atom is 0.410 e. The monoisotopic (exact) mass is 509 g/mol. The third-order valence-corrected chi connectivity index (χ3v) is 6.27. The van der Waals surface area contributed by atoms with E-state index in [1.54, 1.807) is 0 Å². The van der Waals surface area contributed by atoms with Crippen molar-refractivity contribution in [2.75, 3.05) is 19.6 Å². The number of rotatable bonds is 7. The summed E-state index contributed by atoms with van der Waals surface area (Å²) in [5, 5.41) is 0. The molecule has 0 aromatic heterocycles. The van der Waals surface area contributed by atoms with Crippen LogP contribution in [0.4, 0.5) is 4.79 Å². The topological polar surface area (TPSA) is 45.1 Å². The number of amides is 1. The van der Waals surface area contributed by atoms with E-state index in [4.69, 9.17) is 4.74 Å². The van der Waals surface area contributed by atoms with Gasteiger partial charge in [-0.25, -0.2) is 4.79 Å². The molecule has 0 radical (unpaired) electrons. The van der Waals surface area contributed by atoms with Crippen molar-refractivity contribution in [3.8, 4) is 0 Å². The lowest BCUT2D eigenvalue weighted by Gasteiger charge is -2.42. The van der Waals surface area contributed by atoms with Gasteiger partial charge in [-0.15, -0.1) is 0 Å². The summed E-state index contributed by atoms with van der Waals surface area (Å²) in [4.78, 5) is 21.3. The van der Waals surface area contributed by atoms with Crippen LogP contribution < -0.4 is 0 Å². The van der Waals surface area contributed by atoms with Gasteiger partial charge in [-0.2, -0.15) is 0 Å². The fourth-order valence-corrected chi connectivity index (χ4v) is 4.26. The molecular formula is C32H51N3O2. The normalized spacial score (nSPS) is 17.8. The van der Waals surface area contributed by atoms with E-state index in [1.807, 2.05) is 31.9 Å². The van der Waals surface area contributed by atoms with E-state index in [0.29, 0.717) is 6.54 Å². The number of benzene rings is 1. The van der Waals surface area contributed by atoms with Crippen molar-refractivity contribution in [3.63, 3.8) is 0 Å². The predicted molar refractivity (Wildman–Crippen MR) is 159 cm³/mol. The first kappa shape index (κ1) is 32.2. The van der Waals surface area contributed by atoms with Crippen LogP contribution in [-0.4, -0.2) is 52.9 Å². The van der Waals surface area contributed by atoms with Crippen LogP contribution in [0.25, 0.3) is 0 Å². The Balaban J connectivity index is 0.000000635. The standard InChI is InChI=1S/C23H39N3O2.C9H12/c1-10-12-13-24-19(5)21(17(3)11-2)20(6)25-14-15-26(18(4)16-25)22(27)28-23(7,8)9;1-2-6-9-7-4-3-5-8-9/h11-13,18H,10,14-16H2,1-9H3;3-5,7-8H,2,6H2,1H3/b13-12+,17-11-,21-20+,24-19+;. The predicted octanol–water partition coefficient (Wildman–Crippen LogP) is 8.19. The van der Waals surface area contributed by atoms with Crippen molar-refractivity contribution in [1.82, 2.24) is 9.80 Å². The van der Waals surface area contributed by atoms with Gasteiger partial charge in [0.2, 0.25) is 0 Å². The van der Waals surface area contributed by atoms with Crippen molar-refractivity contribution in [3.05, 3.63) is 71.1 Å². The number of hydrogen-bond acceptors (Lipinski definition) is 4. The summed E-state index contributed by atoms with van der Waals surface area (Å²) >= 11 is 0. The maximum absolute atomic E-state index is 12.5. The molecule has 1 aromatic carbocycles. The molecule has 1 fully saturated rings. The summed E-state index contributed by atoms with van der Waals surface area (Å²) in [6, 6.07) is 10.7. The second-order valence-corrected chi connectivity index (χ2v) is 10.6. The Hall–Kier alpha value is -2.82. The van der Waals surface area contributed by atoms with Gasteiger partial charge in [0.1, 0.15) is 5.60 Å². The number of allylic oxidation sites excluding steroid dienone is 5. The molecule has 5 heteroatoms. The zero-order chi connectivity index (χ0) is 28.0. The van der Waals surface area contributed by atoms with Crippen LogP contribution in [0, 0.1) is 0 Å². The van der Waals surface area contributed by atoms with Gasteiger partial charge < -0.3 is 14.5 Å². The second-order valence-electron chi connectivity index (χ2n) is 10.6. The van der Waals surface area contributed by atoms with Gasteiger partial charge >= 0.3 is 6.09 Å². The third kappa shape index (κ3) is 11.4. The summed E-state index contributed by atoms with van der Waals surface area (Å²) in [5.41, 5.74) is 5.59. The van der Waals surface area contributed by atoms with E-state index < -0.39 is 5.60 Å². The molecule has 1 aromatic rings. The summed E-state index contributed by atoms with van der Waals surface area (Å²) in [5.74, 6) is 0. The highest BCUT2D eigenvalue weighted by atomic mass is 16.6. The molecule has 1 saturated heterocycles. The van der Waals surface area contributed by atoms with Gasteiger partial charge in [0.25, 0.3) is 0 Å². The van der Waals surface area contributed by atoms with Crippen molar-refractivity contribution in [2.45, 2.75) is 100 Å². The number of ether oxygens (including phenoxy) is 1. The Morgan fingerprint density at radius 2 is 1.76 bits per heavy atom. The van der Waals surface area contributed by atoms with E-state index in [-0.39, 0.29) is 12.1 Å². The molecule has 1 heterocycles. The molecule has 1 unspecified atom stereocenters. The number of carbonyl (C=O) groups is 1. The van der Waals surface area contributed by atoms with Gasteiger partial charge in [-0.3, -0.25) is 4.99 Å². The fraction of sp³-hybridized carbons (Fsp3) is 0.562. The zero-order valence-corrected chi connectivity index (χ0v) is 25.1. The van der Waals surface area contributed by atoms with Crippen molar-refractivity contribution >= 4 is 11.8 Å². The number of aryl methyl sites for hydroxylation is 1. The summed E-state index contributed by atoms with van der Waals surface area (Å²) in [6.45, 7) is 22.7. The van der Waals surface area contributed by atoms with Crippen molar-refractivity contribution in [1.29, 1.82) is 0 Å². The third-order valence-electron chi connectivity index (χ3n) is 6.27. The highest BCUT2D eigenvalue weighted by molar-refractivity contribution is 6.02. The fourth-order valence-electron chi connectivity index (χ4n) is 4.26.